The summed E-state index contributed by atoms with van der Waals surface area (Å²) in [6.45, 7) is 5.69. The lowest BCUT2D eigenvalue weighted by Gasteiger charge is -1.88. The minimum atomic E-state index is 0.918. The first kappa shape index (κ1) is 8.21. The van der Waals surface area contributed by atoms with Crippen LogP contribution in [0.15, 0.2) is 30.3 Å². The molecular formula is C9H11NS. The van der Waals surface area contributed by atoms with Crippen LogP contribution in [-0.4, -0.2) is 4.98 Å². The van der Waals surface area contributed by atoms with Gasteiger partial charge in [0.05, 0.1) is 11.2 Å². The Labute approximate surface area is 71.1 Å². The number of nitrogens with zero attached hydrogens (tertiary/aromatic N) is 1. The minimum absolute atomic E-state index is 0.918. The van der Waals surface area contributed by atoms with Crippen LogP contribution in [0.5, 0.6) is 0 Å². The van der Waals surface area contributed by atoms with E-state index in [-0.39, 0.29) is 0 Å². The van der Waals surface area contributed by atoms with Gasteiger partial charge in [0.15, 0.2) is 0 Å². The molecule has 1 aromatic rings. The van der Waals surface area contributed by atoms with Crippen LogP contribution in [-0.2, 0) is 6.42 Å². The van der Waals surface area contributed by atoms with Gasteiger partial charge in [0.1, 0.15) is 0 Å². The van der Waals surface area contributed by atoms with Crippen molar-refractivity contribution in [3.05, 3.63) is 40.9 Å². The lowest BCUT2D eigenvalue weighted by Crippen LogP contribution is -1.82. The van der Waals surface area contributed by atoms with Gasteiger partial charge in [0.2, 0.25) is 0 Å². The number of aromatic nitrogens is 1. The number of aryl methyl sites for hydroxylation is 1. The third kappa shape index (κ3) is 2.31. The Hall–Kier alpha value is -0.890. The molecule has 0 aliphatic carbocycles. The molecular weight excluding hydrogens is 154 g/mol. The number of hydrogen-bond donors (Lipinski definition) is 0. The van der Waals surface area contributed by atoms with Crippen LogP contribution >= 0.6 is 11.3 Å². The lowest BCUT2D eigenvalue weighted by molar-refractivity contribution is 1.13. The second-order valence-electron chi connectivity index (χ2n) is 2.22. The van der Waals surface area contributed by atoms with Crippen molar-refractivity contribution in [2.24, 2.45) is 0 Å². The van der Waals surface area contributed by atoms with Crippen LogP contribution < -0.4 is 0 Å². The Balaban J connectivity index is 2.57. The molecule has 58 valence electrons. The molecule has 2 heteroatoms. The van der Waals surface area contributed by atoms with E-state index in [0.717, 1.165) is 6.42 Å². The Kier molecular flexibility index (Phi) is 3.05. The van der Waals surface area contributed by atoms with Crippen LogP contribution in [0.3, 0.4) is 0 Å². The topological polar surface area (TPSA) is 12.9 Å². The van der Waals surface area contributed by atoms with Gasteiger partial charge in [-0.15, -0.1) is 11.3 Å². The zero-order chi connectivity index (χ0) is 8.10. The summed E-state index contributed by atoms with van der Waals surface area (Å²) in [5.74, 6) is 0. The molecule has 1 nitrogen and oxygen atoms in total. The second-order valence-corrected chi connectivity index (χ2v) is 3.28. The molecule has 1 aromatic heterocycles. The van der Waals surface area contributed by atoms with Gasteiger partial charge in [-0.3, -0.25) is 0 Å². The molecule has 0 fully saturated rings. The van der Waals surface area contributed by atoms with E-state index in [4.69, 9.17) is 0 Å². The van der Waals surface area contributed by atoms with E-state index < -0.39 is 0 Å². The van der Waals surface area contributed by atoms with E-state index in [1.54, 1.807) is 17.4 Å². The normalized spacial score (nSPS) is 10.6. The summed E-state index contributed by atoms with van der Waals surface area (Å²) in [6.07, 6.45) is 6.71. The highest BCUT2D eigenvalue weighted by atomic mass is 32.1. The third-order valence-corrected chi connectivity index (χ3v) is 2.23. The molecule has 0 aromatic carbocycles. The predicted octanol–water partition coefficient (Wildman–Crippen LogP) is 2.74. The van der Waals surface area contributed by atoms with Crippen molar-refractivity contribution >= 4 is 11.3 Å². The number of allylic oxidation sites excluding steroid dienone is 3. The molecule has 1 heterocycles. The van der Waals surface area contributed by atoms with Crippen molar-refractivity contribution in [3.63, 3.8) is 0 Å². The van der Waals surface area contributed by atoms with Gasteiger partial charge < -0.3 is 0 Å². The maximum absolute atomic E-state index is 4.22. The van der Waals surface area contributed by atoms with Crippen LogP contribution in [0.4, 0.5) is 0 Å². The Morgan fingerprint density at radius 2 is 2.55 bits per heavy atom. The number of hydrogen-bond acceptors (Lipinski definition) is 2. The first-order chi connectivity index (χ1) is 5.34. The maximum atomic E-state index is 4.22. The Morgan fingerprint density at radius 3 is 3.09 bits per heavy atom. The highest BCUT2D eigenvalue weighted by Gasteiger charge is 1.96. The van der Waals surface area contributed by atoms with Crippen molar-refractivity contribution in [1.82, 2.24) is 4.98 Å². The molecule has 1 rings (SSSR count). The van der Waals surface area contributed by atoms with E-state index in [1.165, 1.54) is 10.6 Å². The maximum Gasteiger partial charge on any atom is 0.0797 e. The molecule has 0 unspecified atom stereocenters. The van der Waals surface area contributed by atoms with Crippen molar-refractivity contribution in [1.29, 1.82) is 0 Å². The average Bonchev–Trinajstić information content (AvgIpc) is 2.37. The zero-order valence-electron chi connectivity index (χ0n) is 6.58. The van der Waals surface area contributed by atoms with Crippen LogP contribution in [0, 0.1) is 6.92 Å². The largest absolute Gasteiger partial charge is 0.249 e. The highest BCUT2D eigenvalue weighted by Crippen LogP contribution is 2.11. The summed E-state index contributed by atoms with van der Waals surface area (Å²) < 4.78 is 0. The molecule has 0 radical (unpaired) electrons. The quantitative estimate of drug-likeness (QED) is 0.627. The third-order valence-electron chi connectivity index (χ3n) is 1.43. The smallest absolute Gasteiger partial charge is 0.0797 e. The monoisotopic (exact) mass is 165 g/mol. The first-order valence-electron chi connectivity index (χ1n) is 3.51. The molecule has 0 N–H and O–H groups in total. The van der Waals surface area contributed by atoms with E-state index >= 15 is 0 Å². The summed E-state index contributed by atoms with van der Waals surface area (Å²) >= 11 is 1.69. The molecule has 0 saturated carbocycles. The molecule has 0 aliphatic rings. The first-order valence-corrected chi connectivity index (χ1v) is 4.39. The van der Waals surface area contributed by atoms with Gasteiger partial charge in [-0.1, -0.05) is 24.8 Å². The fourth-order valence-corrected chi connectivity index (χ4v) is 1.41. The second kappa shape index (κ2) is 4.09. The SMILES string of the molecule is C=C/C=C\Cc1ncsc1C. The summed E-state index contributed by atoms with van der Waals surface area (Å²) in [5, 5.41) is 0. The minimum Gasteiger partial charge on any atom is -0.249 e. The van der Waals surface area contributed by atoms with Crippen molar-refractivity contribution < 1.29 is 0 Å². The molecule has 0 atom stereocenters. The molecule has 0 aliphatic heterocycles. The number of rotatable bonds is 3. The molecule has 0 saturated heterocycles. The fraction of sp³-hybridized carbons (Fsp3) is 0.222. The van der Waals surface area contributed by atoms with E-state index in [0.29, 0.717) is 0 Å². The van der Waals surface area contributed by atoms with Gasteiger partial charge in [-0.25, -0.2) is 4.98 Å². The summed E-state index contributed by atoms with van der Waals surface area (Å²) in [6, 6.07) is 0. The highest BCUT2D eigenvalue weighted by molar-refractivity contribution is 7.09. The Morgan fingerprint density at radius 1 is 1.73 bits per heavy atom. The van der Waals surface area contributed by atoms with Gasteiger partial charge in [0, 0.05) is 11.3 Å². The van der Waals surface area contributed by atoms with Gasteiger partial charge >= 0.3 is 0 Å². The number of thiazole rings is 1. The lowest BCUT2D eigenvalue weighted by atomic mass is 10.2. The zero-order valence-corrected chi connectivity index (χ0v) is 7.40. The molecule has 0 amide bonds. The van der Waals surface area contributed by atoms with Gasteiger partial charge in [-0.05, 0) is 6.92 Å². The van der Waals surface area contributed by atoms with Gasteiger partial charge in [0.25, 0.3) is 0 Å². The molecule has 0 spiro atoms. The summed E-state index contributed by atoms with van der Waals surface area (Å²) in [7, 11) is 0. The van der Waals surface area contributed by atoms with Crippen LogP contribution in [0.1, 0.15) is 10.6 Å². The standard InChI is InChI=1S/C9H11NS/c1-3-4-5-6-9-8(2)11-7-10-9/h3-5,7H,1,6H2,2H3/b5-4-. The molecule has 11 heavy (non-hydrogen) atoms. The van der Waals surface area contributed by atoms with Crippen molar-refractivity contribution in [2.45, 2.75) is 13.3 Å². The Bertz CT molecular complexity index is 260. The van der Waals surface area contributed by atoms with E-state index in [9.17, 15) is 0 Å². The van der Waals surface area contributed by atoms with Crippen molar-refractivity contribution in [2.75, 3.05) is 0 Å². The fourth-order valence-electron chi connectivity index (χ4n) is 0.800. The van der Waals surface area contributed by atoms with E-state index in [2.05, 4.69) is 24.6 Å². The van der Waals surface area contributed by atoms with Gasteiger partial charge in [-0.2, -0.15) is 0 Å². The van der Waals surface area contributed by atoms with Crippen molar-refractivity contribution in [3.8, 4) is 0 Å². The summed E-state index contributed by atoms with van der Waals surface area (Å²) in [5.41, 5.74) is 3.06. The summed E-state index contributed by atoms with van der Waals surface area (Å²) in [4.78, 5) is 5.52. The van der Waals surface area contributed by atoms with Crippen LogP contribution in [0.25, 0.3) is 0 Å². The van der Waals surface area contributed by atoms with Crippen LogP contribution in [0.2, 0.25) is 0 Å². The predicted molar refractivity (Wildman–Crippen MR) is 49.9 cm³/mol. The average molecular weight is 165 g/mol. The van der Waals surface area contributed by atoms with E-state index in [1.807, 2.05) is 11.6 Å². The molecule has 0 bridgehead atoms.